The smallest absolute Gasteiger partial charge is 0.191 e. The Morgan fingerprint density at radius 2 is 2.42 bits per heavy atom. The normalized spacial score (nSPS) is 14.9. The summed E-state index contributed by atoms with van der Waals surface area (Å²) in [5, 5.41) is 8.72. The number of hydrogen-bond donors (Lipinski definition) is 2. The Morgan fingerprint density at radius 1 is 1.58 bits per heavy atom. The number of halogens is 1. The molecule has 1 aromatic heterocycles. The van der Waals surface area contributed by atoms with Crippen LogP contribution >= 0.6 is 47.1 Å². The number of aromatic nitrogens is 1. The maximum atomic E-state index is 4.58. The van der Waals surface area contributed by atoms with E-state index in [2.05, 4.69) is 27.5 Å². The lowest BCUT2D eigenvalue weighted by atomic mass is 10.5. The second-order valence-corrected chi connectivity index (χ2v) is 6.42. The van der Waals surface area contributed by atoms with Crippen molar-refractivity contribution in [2.24, 2.45) is 4.99 Å². The first kappa shape index (κ1) is 17.0. The summed E-state index contributed by atoms with van der Waals surface area (Å²) in [7, 11) is 0. The van der Waals surface area contributed by atoms with Gasteiger partial charge in [-0.2, -0.15) is 0 Å². The first-order chi connectivity index (χ1) is 8.88. The van der Waals surface area contributed by atoms with Gasteiger partial charge in [0.25, 0.3) is 0 Å². The number of rotatable bonds is 7. The van der Waals surface area contributed by atoms with Crippen LogP contribution in [0.1, 0.15) is 26.2 Å². The fraction of sp³-hybridized carbons (Fsp3) is 0.667. The molecule has 0 aromatic carbocycles. The first-order valence-electron chi connectivity index (χ1n) is 6.45. The summed E-state index contributed by atoms with van der Waals surface area (Å²) in [5.41, 5.74) is 0. The van der Waals surface area contributed by atoms with Crippen LogP contribution in [0.15, 0.2) is 20.9 Å². The van der Waals surface area contributed by atoms with E-state index in [1.54, 1.807) is 11.3 Å². The number of nitrogens with one attached hydrogen (secondary N) is 2. The van der Waals surface area contributed by atoms with E-state index in [1.165, 1.54) is 12.8 Å². The molecule has 7 heteroatoms. The average molecular weight is 412 g/mol. The van der Waals surface area contributed by atoms with Gasteiger partial charge in [0.2, 0.25) is 0 Å². The summed E-state index contributed by atoms with van der Waals surface area (Å²) in [6.45, 7) is 3.90. The minimum Gasteiger partial charge on any atom is -0.357 e. The zero-order valence-electron chi connectivity index (χ0n) is 11.1. The van der Waals surface area contributed by atoms with Gasteiger partial charge in [-0.05, 0) is 26.2 Å². The highest BCUT2D eigenvalue weighted by Crippen LogP contribution is 2.20. The van der Waals surface area contributed by atoms with Gasteiger partial charge >= 0.3 is 0 Å². The standard InChI is InChI=1S/C12H20N4S2.HI/c1-2-13-11(16-10-4-5-10)14-6-3-8-17-12-15-7-9-18-12;/h7,9-10H,2-6,8H2,1H3,(H2,13,14,16);1H. The van der Waals surface area contributed by atoms with E-state index in [-0.39, 0.29) is 24.0 Å². The summed E-state index contributed by atoms with van der Waals surface area (Å²) in [6, 6.07) is 0.660. The largest absolute Gasteiger partial charge is 0.357 e. The molecule has 2 N–H and O–H groups in total. The lowest BCUT2D eigenvalue weighted by Gasteiger charge is -2.09. The number of nitrogens with zero attached hydrogens (tertiary/aromatic N) is 2. The first-order valence-corrected chi connectivity index (χ1v) is 8.32. The van der Waals surface area contributed by atoms with Gasteiger partial charge in [-0.25, -0.2) is 4.98 Å². The highest BCUT2D eigenvalue weighted by atomic mass is 127. The summed E-state index contributed by atoms with van der Waals surface area (Å²) < 4.78 is 1.15. The minimum absolute atomic E-state index is 0. The SMILES string of the molecule is CCNC(=NCCCSc1nccs1)NC1CC1.I. The summed E-state index contributed by atoms with van der Waals surface area (Å²) in [6.07, 6.45) is 5.51. The maximum Gasteiger partial charge on any atom is 0.191 e. The Labute approximate surface area is 140 Å². The second-order valence-electron chi connectivity index (χ2n) is 4.18. The lowest BCUT2D eigenvalue weighted by Crippen LogP contribution is -2.38. The predicted octanol–water partition coefficient (Wildman–Crippen LogP) is 2.96. The van der Waals surface area contributed by atoms with Gasteiger partial charge in [-0.1, -0.05) is 11.8 Å². The van der Waals surface area contributed by atoms with Crippen molar-refractivity contribution in [2.45, 2.75) is 36.6 Å². The molecule has 2 rings (SSSR count). The molecular formula is C12H21IN4S2. The van der Waals surface area contributed by atoms with Crippen molar-refractivity contribution >= 4 is 53.0 Å². The molecule has 19 heavy (non-hydrogen) atoms. The molecule has 1 aliphatic carbocycles. The third-order valence-corrected chi connectivity index (χ3v) is 4.52. The quantitative estimate of drug-likeness (QED) is 0.238. The Hall–Kier alpha value is -0.0200. The second kappa shape index (κ2) is 9.82. The van der Waals surface area contributed by atoms with Crippen LogP contribution in [0.4, 0.5) is 0 Å². The Morgan fingerprint density at radius 3 is 3.05 bits per heavy atom. The van der Waals surface area contributed by atoms with Crippen molar-refractivity contribution < 1.29 is 0 Å². The molecule has 1 fully saturated rings. The summed E-state index contributed by atoms with van der Waals surface area (Å²) in [4.78, 5) is 8.82. The van der Waals surface area contributed by atoms with Crippen LogP contribution in [0, 0.1) is 0 Å². The molecule has 0 saturated heterocycles. The molecule has 0 atom stereocenters. The molecule has 0 amide bonds. The third kappa shape index (κ3) is 7.36. The van der Waals surface area contributed by atoms with E-state index in [0.29, 0.717) is 6.04 Å². The molecule has 1 heterocycles. The Kier molecular flexibility index (Phi) is 8.80. The van der Waals surface area contributed by atoms with Gasteiger partial charge in [0, 0.05) is 36.5 Å². The van der Waals surface area contributed by atoms with Crippen LogP contribution in [0.3, 0.4) is 0 Å². The minimum atomic E-state index is 0. The molecular weight excluding hydrogens is 391 g/mol. The van der Waals surface area contributed by atoms with Gasteiger partial charge in [0.05, 0.1) is 0 Å². The molecule has 0 spiro atoms. The number of hydrogen-bond acceptors (Lipinski definition) is 4. The Bertz CT molecular complexity index is 366. The molecule has 0 bridgehead atoms. The molecule has 1 aliphatic rings. The van der Waals surface area contributed by atoms with Crippen LogP contribution < -0.4 is 10.6 Å². The highest BCUT2D eigenvalue weighted by Gasteiger charge is 2.21. The van der Waals surface area contributed by atoms with Crippen LogP contribution in [-0.4, -0.2) is 35.8 Å². The molecule has 1 aromatic rings. The van der Waals surface area contributed by atoms with E-state index in [4.69, 9.17) is 0 Å². The molecule has 1 saturated carbocycles. The predicted molar refractivity (Wildman–Crippen MR) is 95.0 cm³/mol. The van der Waals surface area contributed by atoms with Crippen LogP contribution in [0.25, 0.3) is 0 Å². The fourth-order valence-electron chi connectivity index (χ4n) is 1.44. The van der Waals surface area contributed by atoms with Gasteiger partial charge in [-0.3, -0.25) is 4.99 Å². The van der Waals surface area contributed by atoms with Crippen LogP contribution in [-0.2, 0) is 0 Å². The molecule has 0 aliphatic heterocycles. The van der Waals surface area contributed by atoms with E-state index in [1.807, 2.05) is 23.3 Å². The van der Waals surface area contributed by atoms with Crippen molar-refractivity contribution in [1.29, 1.82) is 0 Å². The van der Waals surface area contributed by atoms with Gasteiger partial charge in [0.1, 0.15) is 4.34 Å². The van der Waals surface area contributed by atoms with Crippen LogP contribution in [0.2, 0.25) is 0 Å². The van der Waals surface area contributed by atoms with Crippen molar-refractivity contribution in [1.82, 2.24) is 15.6 Å². The fourth-order valence-corrected chi connectivity index (χ4v) is 3.07. The summed E-state index contributed by atoms with van der Waals surface area (Å²) in [5.74, 6) is 2.05. The maximum absolute atomic E-state index is 4.58. The van der Waals surface area contributed by atoms with Crippen LogP contribution in [0.5, 0.6) is 0 Å². The van der Waals surface area contributed by atoms with Gasteiger partial charge in [-0.15, -0.1) is 35.3 Å². The van der Waals surface area contributed by atoms with E-state index in [0.717, 1.165) is 35.6 Å². The molecule has 0 unspecified atom stereocenters. The number of guanidine groups is 1. The zero-order valence-corrected chi connectivity index (χ0v) is 15.1. The molecule has 4 nitrogen and oxygen atoms in total. The number of aliphatic imine (C=N–C) groups is 1. The zero-order chi connectivity index (χ0) is 12.6. The average Bonchev–Trinajstić information content (AvgIpc) is 3.03. The Balaban J connectivity index is 0.00000180. The van der Waals surface area contributed by atoms with Crippen molar-refractivity contribution in [3.05, 3.63) is 11.6 Å². The van der Waals surface area contributed by atoms with Gasteiger partial charge in [0.15, 0.2) is 5.96 Å². The van der Waals surface area contributed by atoms with Crippen molar-refractivity contribution in [3.8, 4) is 0 Å². The molecule has 108 valence electrons. The van der Waals surface area contributed by atoms with E-state index < -0.39 is 0 Å². The third-order valence-electron chi connectivity index (χ3n) is 2.47. The van der Waals surface area contributed by atoms with Gasteiger partial charge < -0.3 is 10.6 Å². The van der Waals surface area contributed by atoms with Crippen molar-refractivity contribution in [3.63, 3.8) is 0 Å². The van der Waals surface area contributed by atoms with E-state index in [9.17, 15) is 0 Å². The van der Waals surface area contributed by atoms with E-state index >= 15 is 0 Å². The lowest BCUT2D eigenvalue weighted by molar-refractivity contribution is 0.805. The monoisotopic (exact) mass is 412 g/mol. The topological polar surface area (TPSA) is 49.3 Å². The number of thioether (sulfide) groups is 1. The number of thiazole rings is 1. The molecule has 0 radical (unpaired) electrons. The summed E-state index contributed by atoms with van der Waals surface area (Å²) >= 11 is 3.52. The highest BCUT2D eigenvalue weighted by molar-refractivity contribution is 14.0. The van der Waals surface area contributed by atoms with Crippen molar-refractivity contribution in [2.75, 3.05) is 18.8 Å².